The highest BCUT2D eigenvalue weighted by Crippen LogP contribution is 2.30. The van der Waals surface area contributed by atoms with E-state index in [4.69, 9.17) is 9.47 Å². The van der Waals surface area contributed by atoms with Crippen molar-refractivity contribution in [2.24, 2.45) is 5.92 Å². The molecule has 0 radical (unpaired) electrons. The van der Waals surface area contributed by atoms with E-state index in [0.717, 1.165) is 37.0 Å². The molecule has 3 amide bonds. The van der Waals surface area contributed by atoms with Crippen molar-refractivity contribution < 1.29 is 37.3 Å². The quantitative estimate of drug-likeness (QED) is 0.316. The molecule has 1 heterocycles. The maximum absolute atomic E-state index is 14.2. The Labute approximate surface area is 270 Å². The molecule has 46 heavy (non-hydrogen) atoms. The number of nitrogens with zero attached hydrogens (tertiary/aromatic N) is 2. The number of halogens is 3. The zero-order chi connectivity index (χ0) is 34.0. The van der Waals surface area contributed by atoms with E-state index < -0.39 is 23.8 Å². The van der Waals surface area contributed by atoms with Gasteiger partial charge in [-0.25, -0.2) is 4.79 Å². The fourth-order valence-electron chi connectivity index (χ4n) is 5.37. The molecule has 1 aliphatic rings. The van der Waals surface area contributed by atoms with E-state index in [1.54, 1.807) is 30.0 Å². The Balaban J connectivity index is 1.87. The van der Waals surface area contributed by atoms with E-state index in [-0.39, 0.29) is 48.8 Å². The Morgan fingerprint density at radius 1 is 1.11 bits per heavy atom. The first-order valence-electron chi connectivity index (χ1n) is 15.9. The van der Waals surface area contributed by atoms with Crippen molar-refractivity contribution in [1.29, 1.82) is 0 Å². The number of aliphatic hydroxyl groups excluding tert-OH is 1. The molecular weight excluding hydrogens is 601 g/mol. The first-order valence-corrected chi connectivity index (χ1v) is 15.9. The number of aliphatic hydroxyl groups is 1. The minimum atomic E-state index is -4.39. The van der Waals surface area contributed by atoms with Crippen molar-refractivity contribution in [3.63, 3.8) is 0 Å². The summed E-state index contributed by atoms with van der Waals surface area (Å²) in [5, 5.41) is 15.7. The van der Waals surface area contributed by atoms with Crippen molar-refractivity contribution in [3.8, 4) is 5.75 Å². The molecule has 0 aromatic heterocycles. The molecule has 0 aliphatic carbocycles. The Kier molecular flexibility index (Phi) is 13.7. The van der Waals surface area contributed by atoms with E-state index in [9.17, 15) is 27.9 Å². The summed E-state index contributed by atoms with van der Waals surface area (Å²) in [7, 11) is 1.89. The molecule has 0 unspecified atom stereocenters. The van der Waals surface area contributed by atoms with Crippen molar-refractivity contribution in [2.75, 3.05) is 38.7 Å². The Bertz CT molecular complexity index is 1270. The lowest BCUT2D eigenvalue weighted by molar-refractivity contribution is -0.137. The SMILES string of the molecule is CC(C)NC(=O)Nc1ccc2c(c1)C(=O)N([C@H](C)CO)C[C@H](C)[C@H](CN(C)Cc1ccc(C(F)(F)F)cc1)OCCCC[C@@H](C)O2. The van der Waals surface area contributed by atoms with Gasteiger partial charge >= 0.3 is 12.2 Å². The average molecular weight is 651 g/mol. The number of carbonyl (C=O) groups excluding carboxylic acids is 2. The molecule has 4 atom stereocenters. The summed E-state index contributed by atoms with van der Waals surface area (Å²) in [6.07, 6.45) is -2.50. The lowest BCUT2D eigenvalue weighted by atomic mass is 10.0. The van der Waals surface area contributed by atoms with Crippen molar-refractivity contribution in [3.05, 3.63) is 59.2 Å². The van der Waals surface area contributed by atoms with Gasteiger partial charge < -0.3 is 30.1 Å². The van der Waals surface area contributed by atoms with E-state index in [1.165, 1.54) is 12.1 Å². The van der Waals surface area contributed by atoms with Crippen LogP contribution in [0.15, 0.2) is 42.5 Å². The van der Waals surface area contributed by atoms with Crippen molar-refractivity contribution in [1.82, 2.24) is 15.1 Å². The van der Waals surface area contributed by atoms with Gasteiger partial charge in [0.25, 0.3) is 5.91 Å². The molecule has 0 fully saturated rings. The van der Waals surface area contributed by atoms with Gasteiger partial charge in [-0.2, -0.15) is 13.2 Å². The van der Waals surface area contributed by atoms with Gasteiger partial charge in [0.05, 0.1) is 36.0 Å². The number of carbonyl (C=O) groups is 2. The summed E-state index contributed by atoms with van der Waals surface area (Å²) < 4.78 is 51.7. The van der Waals surface area contributed by atoms with Gasteiger partial charge in [-0.15, -0.1) is 0 Å². The van der Waals surface area contributed by atoms with Crippen LogP contribution >= 0.6 is 0 Å². The van der Waals surface area contributed by atoms with Crippen LogP contribution in [-0.4, -0.2) is 84.5 Å². The first-order chi connectivity index (χ1) is 21.7. The minimum absolute atomic E-state index is 0.0744. The molecule has 3 N–H and O–H groups in total. The number of urea groups is 1. The van der Waals surface area contributed by atoms with Gasteiger partial charge in [0.2, 0.25) is 0 Å². The number of hydrogen-bond acceptors (Lipinski definition) is 6. The van der Waals surface area contributed by atoms with Crippen molar-refractivity contribution >= 4 is 17.6 Å². The minimum Gasteiger partial charge on any atom is -0.490 e. The second kappa shape index (κ2) is 17.0. The van der Waals surface area contributed by atoms with Crippen LogP contribution in [0.25, 0.3) is 0 Å². The molecule has 0 saturated carbocycles. The maximum atomic E-state index is 14.2. The predicted octanol–water partition coefficient (Wildman–Crippen LogP) is 6.16. The average Bonchev–Trinajstić information content (AvgIpc) is 2.98. The molecule has 2 aromatic carbocycles. The molecule has 3 rings (SSSR count). The highest BCUT2D eigenvalue weighted by atomic mass is 19.4. The van der Waals surface area contributed by atoms with Gasteiger partial charge in [0.15, 0.2) is 0 Å². The van der Waals surface area contributed by atoms with Crippen LogP contribution in [0.3, 0.4) is 0 Å². The number of fused-ring (bicyclic) bond motifs is 1. The zero-order valence-electron chi connectivity index (χ0n) is 27.7. The van der Waals surface area contributed by atoms with Crippen LogP contribution in [0, 0.1) is 5.92 Å². The number of ether oxygens (including phenoxy) is 2. The van der Waals surface area contributed by atoms with E-state index in [0.29, 0.717) is 31.1 Å². The van der Waals surface area contributed by atoms with Gasteiger partial charge in [-0.05, 0) is 89.9 Å². The smallest absolute Gasteiger partial charge is 0.416 e. The number of benzene rings is 2. The van der Waals surface area contributed by atoms with Crippen LogP contribution in [0.4, 0.5) is 23.7 Å². The van der Waals surface area contributed by atoms with Crippen LogP contribution in [0.5, 0.6) is 5.75 Å². The molecule has 0 saturated heterocycles. The second-order valence-electron chi connectivity index (χ2n) is 12.7. The monoisotopic (exact) mass is 650 g/mol. The Hall–Kier alpha value is -3.35. The predicted molar refractivity (Wildman–Crippen MR) is 172 cm³/mol. The highest BCUT2D eigenvalue weighted by Gasteiger charge is 2.31. The largest absolute Gasteiger partial charge is 0.490 e. The number of alkyl halides is 3. The summed E-state index contributed by atoms with van der Waals surface area (Å²) in [6, 6.07) is 9.13. The highest BCUT2D eigenvalue weighted by molar-refractivity contribution is 5.99. The second-order valence-corrected chi connectivity index (χ2v) is 12.7. The van der Waals surface area contributed by atoms with Crippen molar-refractivity contribution in [2.45, 2.75) is 90.9 Å². The zero-order valence-corrected chi connectivity index (χ0v) is 27.7. The number of rotatable bonds is 8. The van der Waals surface area contributed by atoms with Gasteiger partial charge in [0.1, 0.15) is 5.75 Å². The van der Waals surface area contributed by atoms with Gasteiger partial charge in [-0.1, -0.05) is 19.1 Å². The Morgan fingerprint density at radius 3 is 2.43 bits per heavy atom. The maximum Gasteiger partial charge on any atom is 0.416 e. The number of likely N-dealkylation sites (N-methyl/N-ethyl adjacent to an activating group) is 1. The molecule has 0 bridgehead atoms. The summed E-state index contributed by atoms with van der Waals surface area (Å²) >= 11 is 0. The topological polar surface area (TPSA) is 103 Å². The first kappa shape index (κ1) is 37.1. The lowest BCUT2D eigenvalue weighted by Gasteiger charge is -2.36. The van der Waals surface area contributed by atoms with Gasteiger partial charge in [0, 0.05) is 43.9 Å². The fourth-order valence-corrected chi connectivity index (χ4v) is 5.37. The van der Waals surface area contributed by atoms with Crippen LogP contribution in [0.1, 0.15) is 75.4 Å². The summed E-state index contributed by atoms with van der Waals surface area (Å²) in [6.45, 7) is 10.8. The third kappa shape index (κ3) is 11.2. The third-order valence-electron chi connectivity index (χ3n) is 7.95. The molecule has 12 heteroatoms. The number of hydrogen-bond donors (Lipinski definition) is 3. The van der Waals surface area contributed by atoms with Gasteiger partial charge in [-0.3, -0.25) is 9.69 Å². The molecule has 9 nitrogen and oxygen atoms in total. The van der Waals surface area contributed by atoms with Crippen LogP contribution in [0.2, 0.25) is 0 Å². The summed E-state index contributed by atoms with van der Waals surface area (Å²) in [4.78, 5) is 30.2. The molecule has 2 aromatic rings. The van der Waals surface area contributed by atoms with Crippen LogP contribution < -0.4 is 15.4 Å². The fraction of sp³-hybridized carbons (Fsp3) is 0.588. The number of amides is 3. The Morgan fingerprint density at radius 2 is 1.80 bits per heavy atom. The van der Waals surface area contributed by atoms with E-state index in [1.807, 2.05) is 39.6 Å². The normalized spacial score (nSPS) is 20.9. The van der Waals surface area contributed by atoms with Crippen LogP contribution in [-0.2, 0) is 17.5 Å². The number of nitrogens with one attached hydrogen (secondary N) is 2. The summed E-state index contributed by atoms with van der Waals surface area (Å²) in [5.74, 6) is -0.119. The molecule has 0 spiro atoms. The third-order valence-corrected chi connectivity index (χ3v) is 7.95. The lowest BCUT2D eigenvalue weighted by Crippen LogP contribution is -2.47. The van der Waals surface area contributed by atoms with E-state index in [2.05, 4.69) is 10.6 Å². The number of anilines is 1. The molecular formula is C34H49F3N4O5. The molecule has 1 aliphatic heterocycles. The standard InChI is InChI=1S/C34H49F3N4O5/c1-22(2)38-33(44)39-28-14-15-30-29(17-28)32(43)41(24(4)21-42)18-23(3)31(45-16-8-7-9-25(5)46-30)20-40(6)19-26-10-12-27(13-11-26)34(35,36)37/h10-15,17,22-25,31,42H,7-9,16,18-21H2,1-6H3,(H2,38,39,44)/t23-,24+,25+,31-/m0/s1. The molecule has 256 valence electrons. The van der Waals surface area contributed by atoms with E-state index >= 15 is 0 Å². The summed E-state index contributed by atoms with van der Waals surface area (Å²) in [5.41, 5.74) is 0.758.